The Balaban J connectivity index is 1.86. The normalized spacial score (nSPS) is 38.4. The average Bonchev–Trinajstić information content (AvgIpc) is 2.87. The van der Waals surface area contributed by atoms with E-state index in [1.807, 2.05) is 0 Å². The smallest absolute Gasteiger partial charge is 0.394 e. The van der Waals surface area contributed by atoms with E-state index in [0.29, 0.717) is 6.42 Å². The van der Waals surface area contributed by atoms with E-state index in [1.165, 1.54) is 19.3 Å². The minimum atomic E-state index is -4.68. The minimum absolute atomic E-state index is 0.0589. The van der Waals surface area contributed by atoms with Crippen LogP contribution in [0.15, 0.2) is 0 Å². The Morgan fingerprint density at radius 1 is 0.784 bits per heavy atom. The Morgan fingerprint density at radius 2 is 1.35 bits per heavy atom. The molecule has 0 amide bonds. The topological polar surface area (TPSA) is 231 Å². The van der Waals surface area contributed by atoms with Gasteiger partial charge in [0.1, 0.15) is 48.8 Å². The van der Waals surface area contributed by atoms with E-state index < -0.39 is 75.8 Å². The van der Waals surface area contributed by atoms with Crippen molar-refractivity contribution in [1.82, 2.24) is 0 Å². The molecule has 2 aliphatic rings. The zero-order chi connectivity index (χ0) is 27.6. The molecule has 0 spiro atoms. The second kappa shape index (κ2) is 16.1. The van der Waals surface area contributed by atoms with Crippen LogP contribution in [0.4, 0.5) is 0 Å². The van der Waals surface area contributed by atoms with E-state index in [-0.39, 0.29) is 13.2 Å². The van der Waals surface area contributed by atoms with E-state index in [1.54, 1.807) is 0 Å². The SMILES string of the molecule is CCCCCCCCCCOP(=O)(O)O[C@H]1O[C@H](CO)[C@@H](O[C@@H]2O[C@H](CN)[C@H](O)[C@H](O)[C@H]2O)[C@H](O)[C@@H]1O. The van der Waals surface area contributed by atoms with Crippen molar-refractivity contribution in [3.05, 3.63) is 0 Å². The molecule has 0 aromatic rings. The molecular formula is C22H44NO13P. The molecule has 2 saturated heterocycles. The van der Waals surface area contributed by atoms with Gasteiger partial charge in [0.05, 0.1) is 13.2 Å². The first kappa shape index (κ1) is 32.9. The summed E-state index contributed by atoms with van der Waals surface area (Å²) >= 11 is 0. The maximum absolute atomic E-state index is 12.3. The summed E-state index contributed by atoms with van der Waals surface area (Å²) in [5, 5.41) is 60.9. The van der Waals surface area contributed by atoms with E-state index in [4.69, 9.17) is 29.0 Å². The highest BCUT2D eigenvalue weighted by molar-refractivity contribution is 7.47. The number of aliphatic hydroxyl groups excluding tert-OH is 6. The van der Waals surface area contributed by atoms with Crippen molar-refractivity contribution in [1.29, 1.82) is 0 Å². The lowest BCUT2D eigenvalue weighted by atomic mass is 9.97. The molecule has 2 fully saturated rings. The largest absolute Gasteiger partial charge is 0.474 e. The van der Waals surface area contributed by atoms with Crippen LogP contribution in [0, 0.1) is 0 Å². The number of rotatable bonds is 16. The molecule has 2 rings (SSSR count). The fourth-order valence-corrected chi connectivity index (χ4v) is 5.12. The van der Waals surface area contributed by atoms with Crippen molar-refractivity contribution in [2.45, 2.75) is 120 Å². The van der Waals surface area contributed by atoms with Crippen molar-refractivity contribution in [2.24, 2.45) is 5.73 Å². The Hall–Kier alpha value is -0.290. The fraction of sp³-hybridized carbons (Fsp3) is 1.00. The summed E-state index contributed by atoms with van der Waals surface area (Å²) in [5.41, 5.74) is 5.49. The molecule has 220 valence electrons. The third kappa shape index (κ3) is 9.69. The Labute approximate surface area is 216 Å². The molecule has 11 atom stereocenters. The van der Waals surface area contributed by atoms with Crippen LogP contribution in [0.5, 0.6) is 0 Å². The van der Waals surface area contributed by atoms with Crippen molar-refractivity contribution < 1.29 is 63.4 Å². The Morgan fingerprint density at radius 3 is 1.95 bits per heavy atom. The van der Waals surface area contributed by atoms with Crippen LogP contribution in [0.25, 0.3) is 0 Å². The maximum Gasteiger partial charge on any atom is 0.474 e. The van der Waals surface area contributed by atoms with Crippen LogP contribution in [-0.2, 0) is 27.8 Å². The number of nitrogens with two attached hydrogens (primary N) is 1. The van der Waals surface area contributed by atoms with Crippen LogP contribution in [0.1, 0.15) is 58.3 Å². The van der Waals surface area contributed by atoms with Crippen LogP contribution in [0.3, 0.4) is 0 Å². The highest BCUT2D eigenvalue weighted by Gasteiger charge is 2.51. The molecule has 1 unspecified atom stereocenters. The summed E-state index contributed by atoms with van der Waals surface area (Å²) in [6, 6.07) is 0. The molecule has 0 aromatic carbocycles. The lowest BCUT2D eigenvalue weighted by Crippen LogP contribution is -2.64. The quantitative estimate of drug-likeness (QED) is 0.0822. The van der Waals surface area contributed by atoms with Crippen molar-refractivity contribution >= 4 is 7.82 Å². The van der Waals surface area contributed by atoms with Gasteiger partial charge in [-0.2, -0.15) is 0 Å². The number of aliphatic hydroxyl groups is 6. The second-order valence-corrected chi connectivity index (χ2v) is 10.8. The third-order valence-corrected chi connectivity index (χ3v) is 7.49. The molecule has 14 nitrogen and oxygen atoms in total. The lowest BCUT2D eigenvalue weighted by Gasteiger charge is -2.46. The molecule has 0 radical (unpaired) electrons. The molecule has 0 aromatic heterocycles. The van der Waals surface area contributed by atoms with Gasteiger partial charge in [-0.15, -0.1) is 0 Å². The van der Waals surface area contributed by atoms with Gasteiger partial charge in [-0.25, -0.2) is 4.57 Å². The molecule has 37 heavy (non-hydrogen) atoms. The molecule has 2 heterocycles. The standard InChI is InChI=1S/C22H44NO13P/c1-2-3-4-5-6-7-8-9-10-32-37(30,31)36-22-19(29)17(27)20(14(12-24)34-22)35-21-18(28)16(26)15(25)13(11-23)33-21/h13-22,24-29H,2-12,23H2,1H3,(H,30,31)/t13-,14-,15+,16+,17-,18-,19+,20-,21+,22-/m1/s1. The summed E-state index contributed by atoms with van der Waals surface area (Å²) in [7, 11) is -4.68. The summed E-state index contributed by atoms with van der Waals surface area (Å²) in [4.78, 5) is 10.0. The van der Waals surface area contributed by atoms with Gasteiger partial charge in [-0.1, -0.05) is 51.9 Å². The summed E-state index contributed by atoms with van der Waals surface area (Å²) in [6.45, 7) is 1.09. The van der Waals surface area contributed by atoms with E-state index in [0.717, 1.165) is 25.7 Å². The van der Waals surface area contributed by atoms with Gasteiger partial charge in [0.15, 0.2) is 12.6 Å². The molecule has 0 bridgehead atoms. The first-order valence-electron chi connectivity index (χ1n) is 12.9. The van der Waals surface area contributed by atoms with E-state index in [2.05, 4.69) is 6.92 Å². The Kier molecular flexibility index (Phi) is 14.3. The number of phosphoric acid groups is 1. The maximum atomic E-state index is 12.3. The van der Waals surface area contributed by atoms with Gasteiger partial charge in [-0.05, 0) is 6.42 Å². The first-order chi connectivity index (χ1) is 17.6. The molecular weight excluding hydrogens is 517 g/mol. The highest BCUT2D eigenvalue weighted by atomic mass is 31.2. The predicted octanol–water partition coefficient (Wildman–Crippen LogP) is -1.15. The summed E-state index contributed by atoms with van der Waals surface area (Å²) in [5.74, 6) is 0. The van der Waals surface area contributed by atoms with Crippen molar-refractivity contribution in [3.8, 4) is 0 Å². The van der Waals surface area contributed by atoms with Gasteiger partial charge in [0, 0.05) is 6.54 Å². The zero-order valence-corrected chi connectivity index (χ0v) is 22.1. The van der Waals surface area contributed by atoms with Crippen LogP contribution in [0.2, 0.25) is 0 Å². The van der Waals surface area contributed by atoms with Crippen molar-refractivity contribution in [2.75, 3.05) is 19.8 Å². The number of ether oxygens (including phenoxy) is 3. The molecule has 15 heteroatoms. The van der Waals surface area contributed by atoms with Crippen LogP contribution < -0.4 is 5.73 Å². The number of phosphoric ester groups is 1. The monoisotopic (exact) mass is 561 g/mol. The van der Waals surface area contributed by atoms with Gasteiger partial charge in [0.25, 0.3) is 0 Å². The molecule has 9 N–H and O–H groups in total. The van der Waals surface area contributed by atoms with E-state index in [9.17, 15) is 40.1 Å². The van der Waals surface area contributed by atoms with Gasteiger partial charge >= 0.3 is 7.82 Å². The highest BCUT2D eigenvalue weighted by Crippen LogP contribution is 2.47. The summed E-state index contributed by atoms with van der Waals surface area (Å²) in [6.07, 6.45) is -8.02. The number of unbranched alkanes of at least 4 members (excludes halogenated alkanes) is 7. The van der Waals surface area contributed by atoms with Crippen LogP contribution >= 0.6 is 7.82 Å². The molecule has 0 aliphatic carbocycles. The van der Waals surface area contributed by atoms with Gasteiger partial charge in [0.2, 0.25) is 0 Å². The molecule has 0 saturated carbocycles. The van der Waals surface area contributed by atoms with Gasteiger partial charge < -0.3 is 55.5 Å². The predicted molar refractivity (Wildman–Crippen MR) is 128 cm³/mol. The molecule has 2 aliphatic heterocycles. The van der Waals surface area contributed by atoms with Gasteiger partial charge in [-0.3, -0.25) is 9.05 Å². The van der Waals surface area contributed by atoms with Crippen molar-refractivity contribution in [3.63, 3.8) is 0 Å². The average molecular weight is 562 g/mol. The van der Waals surface area contributed by atoms with E-state index >= 15 is 0 Å². The number of hydrogen-bond acceptors (Lipinski definition) is 13. The van der Waals surface area contributed by atoms with Crippen LogP contribution in [-0.4, -0.2) is 117 Å². The lowest BCUT2D eigenvalue weighted by molar-refractivity contribution is -0.350. The first-order valence-corrected chi connectivity index (χ1v) is 14.4. The zero-order valence-electron chi connectivity index (χ0n) is 21.2. The summed E-state index contributed by atoms with van der Waals surface area (Å²) < 4.78 is 38.4. The fourth-order valence-electron chi connectivity index (χ4n) is 4.26. The number of hydrogen-bond donors (Lipinski definition) is 8. The second-order valence-electron chi connectivity index (χ2n) is 9.44. The third-order valence-electron chi connectivity index (χ3n) is 6.50. The Bertz CT molecular complexity index is 687. The minimum Gasteiger partial charge on any atom is -0.394 e.